The summed E-state index contributed by atoms with van der Waals surface area (Å²) in [6.45, 7) is 1.99. The third-order valence-corrected chi connectivity index (χ3v) is 6.46. The molecule has 28 heavy (non-hydrogen) atoms. The van der Waals surface area contributed by atoms with Crippen LogP contribution in [0.5, 0.6) is 0 Å². The van der Waals surface area contributed by atoms with Crippen LogP contribution in [0.3, 0.4) is 0 Å². The molecule has 2 aromatic carbocycles. The van der Waals surface area contributed by atoms with Crippen molar-refractivity contribution in [3.05, 3.63) is 80.9 Å². The molecule has 1 unspecified atom stereocenters. The number of sulfonamides is 1. The van der Waals surface area contributed by atoms with E-state index in [1.54, 1.807) is 0 Å². The van der Waals surface area contributed by atoms with E-state index in [4.69, 9.17) is 11.6 Å². The topological polar surface area (TPSA) is 62.3 Å². The number of fused-ring (bicyclic) bond motifs is 1. The molecule has 0 radical (unpaired) electrons. The van der Waals surface area contributed by atoms with Crippen molar-refractivity contribution in [1.29, 1.82) is 0 Å². The van der Waals surface area contributed by atoms with Gasteiger partial charge in [-0.25, -0.2) is 13.4 Å². The Hall–Kier alpha value is -1.93. The fourth-order valence-electron chi connectivity index (χ4n) is 3.22. The van der Waals surface area contributed by atoms with E-state index < -0.39 is 16.1 Å². The van der Waals surface area contributed by atoms with Crippen LogP contribution in [0.2, 0.25) is 5.15 Å². The number of rotatable bonds is 3. The lowest BCUT2D eigenvalue weighted by Crippen LogP contribution is -2.38. The number of halogens is 2. The second-order valence-electron chi connectivity index (χ2n) is 6.77. The van der Waals surface area contributed by atoms with Gasteiger partial charge in [0.15, 0.2) is 0 Å². The third-order valence-electron chi connectivity index (χ3n) is 4.59. The SMILES string of the molecule is Cc1ccc2cc(C3C=C(c4ccc(Br)cc4)NN3S(C)(=O)=O)c(Cl)nc2c1. The first-order chi connectivity index (χ1) is 13.2. The van der Waals surface area contributed by atoms with E-state index in [2.05, 4.69) is 26.3 Å². The van der Waals surface area contributed by atoms with Gasteiger partial charge >= 0.3 is 0 Å². The van der Waals surface area contributed by atoms with E-state index >= 15 is 0 Å². The van der Waals surface area contributed by atoms with Crippen LogP contribution in [0, 0.1) is 6.92 Å². The van der Waals surface area contributed by atoms with Gasteiger partial charge in [0.25, 0.3) is 0 Å². The number of hydrogen-bond acceptors (Lipinski definition) is 4. The van der Waals surface area contributed by atoms with E-state index in [-0.39, 0.29) is 5.15 Å². The molecule has 0 bridgehead atoms. The minimum Gasteiger partial charge on any atom is -0.304 e. The van der Waals surface area contributed by atoms with Gasteiger partial charge in [-0.2, -0.15) is 0 Å². The summed E-state index contributed by atoms with van der Waals surface area (Å²) in [7, 11) is -3.55. The number of aryl methyl sites for hydroxylation is 1. The van der Waals surface area contributed by atoms with Crippen LogP contribution in [-0.2, 0) is 10.0 Å². The van der Waals surface area contributed by atoms with Crippen molar-refractivity contribution < 1.29 is 8.42 Å². The molecule has 0 fully saturated rings. The van der Waals surface area contributed by atoms with E-state index in [9.17, 15) is 8.42 Å². The quantitative estimate of drug-likeness (QED) is 0.548. The molecule has 0 amide bonds. The van der Waals surface area contributed by atoms with E-state index in [0.717, 1.165) is 32.8 Å². The van der Waals surface area contributed by atoms with Crippen molar-refractivity contribution in [3.8, 4) is 0 Å². The molecule has 0 saturated carbocycles. The molecule has 144 valence electrons. The highest BCUT2D eigenvalue weighted by atomic mass is 79.9. The molecule has 1 aliphatic rings. The number of hydrogen-bond donors (Lipinski definition) is 1. The fraction of sp³-hybridized carbons (Fsp3) is 0.150. The highest BCUT2D eigenvalue weighted by Crippen LogP contribution is 2.37. The van der Waals surface area contributed by atoms with Gasteiger partial charge in [0.05, 0.1) is 23.5 Å². The zero-order valence-corrected chi connectivity index (χ0v) is 18.3. The Balaban J connectivity index is 1.84. The van der Waals surface area contributed by atoms with Crippen LogP contribution in [0.25, 0.3) is 16.6 Å². The molecule has 4 rings (SSSR count). The minimum absolute atomic E-state index is 0.284. The van der Waals surface area contributed by atoms with E-state index in [1.165, 1.54) is 4.41 Å². The lowest BCUT2D eigenvalue weighted by atomic mass is 10.0. The maximum Gasteiger partial charge on any atom is 0.228 e. The molecule has 0 spiro atoms. The zero-order valence-electron chi connectivity index (χ0n) is 15.1. The third kappa shape index (κ3) is 3.67. The molecule has 1 N–H and O–H groups in total. The Kier molecular flexibility index (Phi) is 4.95. The molecule has 5 nitrogen and oxygen atoms in total. The summed E-state index contributed by atoms with van der Waals surface area (Å²) in [5.74, 6) is 0. The molecular weight excluding hydrogens is 462 g/mol. The minimum atomic E-state index is -3.55. The molecule has 2 heterocycles. The number of hydrazine groups is 1. The van der Waals surface area contributed by atoms with Crippen LogP contribution in [0.15, 0.2) is 59.1 Å². The molecule has 3 aromatic rings. The second kappa shape index (κ2) is 7.15. The van der Waals surface area contributed by atoms with Crippen LogP contribution < -0.4 is 5.43 Å². The molecule has 0 aliphatic carbocycles. The lowest BCUT2D eigenvalue weighted by Gasteiger charge is -2.23. The van der Waals surface area contributed by atoms with Crippen molar-refractivity contribution in [2.45, 2.75) is 13.0 Å². The summed E-state index contributed by atoms with van der Waals surface area (Å²) in [5, 5.41) is 1.19. The Bertz CT molecular complexity index is 1210. The fourth-order valence-corrected chi connectivity index (χ4v) is 4.60. The largest absolute Gasteiger partial charge is 0.304 e. The second-order valence-corrected chi connectivity index (χ2v) is 9.90. The zero-order chi connectivity index (χ0) is 20.1. The molecule has 8 heteroatoms. The molecular formula is C20H17BrClN3O2S. The van der Waals surface area contributed by atoms with Crippen molar-refractivity contribution >= 4 is 54.2 Å². The maximum absolute atomic E-state index is 12.4. The van der Waals surface area contributed by atoms with Crippen molar-refractivity contribution in [2.75, 3.05) is 6.26 Å². The van der Waals surface area contributed by atoms with Crippen LogP contribution >= 0.6 is 27.5 Å². The Morgan fingerprint density at radius 2 is 1.86 bits per heavy atom. The first kappa shape index (κ1) is 19.4. The van der Waals surface area contributed by atoms with Crippen molar-refractivity contribution in [1.82, 2.24) is 14.8 Å². The number of benzene rings is 2. The highest BCUT2D eigenvalue weighted by molar-refractivity contribution is 9.10. The maximum atomic E-state index is 12.4. The number of pyridine rings is 1. The summed E-state index contributed by atoms with van der Waals surface area (Å²) in [5.41, 5.74) is 7.07. The predicted molar refractivity (Wildman–Crippen MR) is 116 cm³/mol. The predicted octanol–water partition coefficient (Wildman–Crippen LogP) is 4.82. The number of aromatic nitrogens is 1. The van der Waals surface area contributed by atoms with E-state index in [1.807, 2.05) is 61.5 Å². The van der Waals surface area contributed by atoms with Gasteiger partial charge in [-0.05, 0) is 48.4 Å². The first-order valence-electron chi connectivity index (χ1n) is 8.53. The molecule has 1 aliphatic heterocycles. The normalized spacial score (nSPS) is 17.6. The number of nitrogens with one attached hydrogen (secondary N) is 1. The van der Waals surface area contributed by atoms with Gasteiger partial charge in [-0.1, -0.05) is 51.8 Å². The average Bonchev–Trinajstić information content (AvgIpc) is 3.07. The molecule has 1 atom stereocenters. The Labute approximate surface area is 177 Å². The summed E-state index contributed by atoms with van der Waals surface area (Å²) in [6, 6.07) is 14.8. The monoisotopic (exact) mass is 477 g/mol. The number of nitrogens with zero attached hydrogens (tertiary/aromatic N) is 2. The van der Waals surface area contributed by atoms with E-state index in [0.29, 0.717) is 11.3 Å². The van der Waals surface area contributed by atoms with Gasteiger partial charge in [-0.15, -0.1) is 4.41 Å². The van der Waals surface area contributed by atoms with Gasteiger partial charge in [-0.3, -0.25) is 0 Å². The van der Waals surface area contributed by atoms with Crippen LogP contribution in [0.1, 0.15) is 22.7 Å². The summed E-state index contributed by atoms with van der Waals surface area (Å²) in [4.78, 5) is 4.49. The van der Waals surface area contributed by atoms with Gasteiger partial charge in [0.1, 0.15) is 5.15 Å². The first-order valence-corrected chi connectivity index (χ1v) is 11.5. The molecule has 1 aromatic heterocycles. The van der Waals surface area contributed by atoms with Gasteiger partial charge < -0.3 is 5.43 Å². The molecule has 0 saturated heterocycles. The van der Waals surface area contributed by atoms with Gasteiger partial charge in [0, 0.05) is 15.4 Å². The Morgan fingerprint density at radius 1 is 1.14 bits per heavy atom. The highest BCUT2D eigenvalue weighted by Gasteiger charge is 2.35. The summed E-state index contributed by atoms with van der Waals surface area (Å²) < 4.78 is 27.0. The van der Waals surface area contributed by atoms with Crippen molar-refractivity contribution in [3.63, 3.8) is 0 Å². The standard InChI is InChI=1S/C20H17BrClN3O2S/c1-12-3-4-14-10-16(20(22)23-17(14)9-12)19-11-18(24-25(19)28(2,26)27)13-5-7-15(21)8-6-13/h3-11,19,24H,1-2H3. The van der Waals surface area contributed by atoms with Crippen LogP contribution in [0.4, 0.5) is 0 Å². The van der Waals surface area contributed by atoms with Crippen LogP contribution in [-0.4, -0.2) is 24.1 Å². The smallest absolute Gasteiger partial charge is 0.228 e. The summed E-state index contributed by atoms with van der Waals surface area (Å²) >= 11 is 9.88. The lowest BCUT2D eigenvalue weighted by molar-refractivity contribution is 0.351. The average molecular weight is 479 g/mol. The van der Waals surface area contributed by atoms with Crippen molar-refractivity contribution in [2.24, 2.45) is 0 Å². The summed E-state index contributed by atoms with van der Waals surface area (Å²) in [6.07, 6.45) is 3.02. The Morgan fingerprint density at radius 3 is 2.54 bits per heavy atom. The van der Waals surface area contributed by atoms with Gasteiger partial charge in [0.2, 0.25) is 10.0 Å².